The molecule has 1 aliphatic rings. The van der Waals surface area contributed by atoms with Gasteiger partial charge in [-0.3, -0.25) is 0 Å². The fourth-order valence-corrected chi connectivity index (χ4v) is 3.14. The highest BCUT2D eigenvalue weighted by atomic mass is 16.3. The van der Waals surface area contributed by atoms with Gasteiger partial charge in [0.2, 0.25) is 0 Å². The van der Waals surface area contributed by atoms with Crippen LogP contribution in [0, 0.1) is 5.92 Å². The summed E-state index contributed by atoms with van der Waals surface area (Å²) in [5, 5.41) is 13.8. The molecule has 1 fully saturated rings. The number of aliphatic hydroxyl groups is 1. The van der Waals surface area contributed by atoms with Gasteiger partial charge in [0.15, 0.2) is 0 Å². The molecule has 20 heavy (non-hydrogen) atoms. The number of hydrogen-bond acceptors (Lipinski definition) is 2. The highest BCUT2D eigenvalue weighted by Gasteiger charge is 2.21. The van der Waals surface area contributed by atoms with Crippen LogP contribution in [0.25, 0.3) is 0 Å². The van der Waals surface area contributed by atoms with Crippen molar-refractivity contribution in [2.45, 2.75) is 64.5 Å². The maximum Gasteiger partial charge on any atom is 0.0914 e. The maximum atomic E-state index is 10.3. The quantitative estimate of drug-likeness (QED) is 0.822. The first-order valence-electron chi connectivity index (χ1n) is 8.09. The van der Waals surface area contributed by atoms with Gasteiger partial charge in [-0.05, 0) is 42.7 Å². The zero-order valence-electron chi connectivity index (χ0n) is 13.1. The van der Waals surface area contributed by atoms with Gasteiger partial charge in [0, 0.05) is 12.6 Å². The molecule has 2 rings (SSSR count). The fourth-order valence-electron chi connectivity index (χ4n) is 3.14. The molecule has 0 heterocycles. The minimum Gasteiger partial charge on any atom is -0.387 e. The Kier molecular flexibility index (Phi) is 5.62. The van der Waals surface area contributed by atoms with E-state index >= 15 is 0 Å². The van der Waals surface area contributed by atoms with Crippen molar-refractivity contribution < 1.29 is 5.11 Å². The molecule has 0 aliphatic heterocycles. The molecule has 0 saturated heterocycles. The first kappa shape index (κ1) is 15.5. The topological polar surface area (TPSA) is 32.3 Å². The highest BCUT2D eigenvalue weighted by molar-refractivity contribution is 5.26. The molecule has 1 aromatic carbocycles. The molecule has 0 radical (unpaired) electrons. The molecule has 0 spiro atoms. The van der Waals surface area contributed by atoms with E-state index in [0.717, 1.165) is 11.5 Å². The maximum absolute atomic E-state index is 10.3. The van der Waals surface area contributed by atoms with Crippen molar-refractivity contribution in [3.8, 4) is 0 Å². The second-order valence-corrected chi connectivity index (χ2v) is 6.58. The van der Waals surface area contributed by atoms with E-state index in [-0.39, 0.29) is 0 Å². The molecule has 0 bridgehead atoms. The average molecular weight is 275 g/mol. The van der Waals surface area contributed by atoms with Gasteiger partial charge in [-0.15, -0.1) is 0 Å². The van der Waals surface area contributed by atoms with Crippen LogP contribution in [0.5, 0.6) is 0 Å². The Morgan fingerprint density at radius 1 is 1.05 bits per heavy atom. The van der Waals surface area contributed by atoms with Crippen molar-refractivity contribution in [1.82, 2.24) is 5.32 Å². The Morgan fingerprint density at radius 3 is 2.15 bits per heavy atom. The van der Waals surface area contributed by atoms with Gasteiger partial charge in [0.1, 0.15) is 0 Å². The summed E-state index contributed by atoms with van der Waals surface area (Å²) in [6.45, 7) is 7.29. The van der Waals surface area contributed by atoms with Crippen molar-refractivity contribution in [2.24, 2.45) is 5.92 Å². The predicted molar refractivity (Wildman–Crippen MR) is 84.9 cm³/mol. The lowest BCUT2D eigenvalue weighted by Gasteiger charge is -2.22. The molecule has 0 amide bonds. The van der Waals surface area contributed by atoms with Gasteiger partial charge >= 0.3 is 0 Å². The third-order valence-electron chi connectivity index (χ3n) is 4.73. The van der Waals surface area contributed by atoms with Crippen LogP contribution >= 0.6 is 0 Å². The first-order valence-corrected chi connectivity index (χ1v) is 8.09. The van der Waals surface area contributed by atoms with Gasteiger partial charge in [-0.2, -0.15) is 0 Å². The monoisotopic (exact) mass is 275 g/mol. The second-order valence-electron chi connectivity index (χ2n) is 6.58. The van der Waals surface area contributed by atoms with E-state index in [0.29, 0.717) is 18.5 Å². The van der Waals surface area contributed by atoms with Crippen molar-refractivity contribution >= 4 is 0 Å². The molecular formula is C18H29NO. The number of aliphatic hydroxyl groups excluding tert-OH is 1. The summed E-state index contributed by atoms with van der Waals surface area (Å²) in [5.41, 5.74) is 2.34. The summed E-state index contributed by atoms with van der Waals surface area (Å²) >= 11 is 0. The Balaban J connectivity index is 1.83. The lowest BCUT2D eigenvalue weighted by molar-refractivity contribution is 0.165. The van der Waals surface area contributed by atoms with E-state index in [9.17, 15) is 5.11 Å². The van der Waals surface area contributed by atoms with Crippen LogP contribution in [0.1, 0.15) is 69.6 Å². The van der Waals surface area contributed by atoms with Crippen LogP contribution in [0.15, 0.2) is 24.3 Å². The molecule has 112 valence electrons. The minimum atomic E-state index is -0.403. The Hall–Kier alpha value is -0.860. The number of nitrogens with one attached hydrogen (secondary N) is 1. The second kappa shape index (κ2) is 7.24. The molecule has 2 heteroatoms. The Labute approximate surface area is 123 Å². The van der Waals surface area contributed by atoms with Gasteiger partial charge in [-0.1, -0.05) is 51.0 Å². The molecule has 1 aliphatic carbocycles. The SMILES string of the molecule is CC(C)c1ccc(C(O)CN[C@@H](C)C2CCCC2)cc1. The zero-order valence-corrected chi connectivity index (χ0v) is 13.1. The van der Waals surface area contributed by atoms with Gasteiger partial charge in [0.25, 0.3) is 0 Å². The Morgan fingerprint density at radius 2 is 1.60 bits per heavy atom. The van der Waals surface area contributed by atoms with Crippen molar-refractivity contribution in [3.05, 3.63) is 35.4 Å². The van der Waals surface area contributed by atoms with E-state index in [2.05, 4.69) is 50.4 Å². The third-order valence-corrected chi connectivity index (χ3v) is 4.73. The van der Waals surface area contributed by atoms with Crippen LogP contribution in [-0.2, 0) is 0 Å². The summed E-state index contributed by atoms with van der Waals surface area (Å²) in [4.78, 5) is 0. The van der Waals surface area contributed by atoms with Gasteiger partial charge in [-0.25, -0.2) is 0 Å². The van der Waals surface area contributed by atoms with E-state index in [1.54, 1.807) is 0 Å². The largest absolute Gasteiger partial charge is 0.387 e. The molecule has 1 aromatic rings. The molecule has 2 N–H and O–H groups in total. The lowest BCUT2D eigenvalue weighted by Crippen LogP contribution is -2.35. The summed E-state index contributed by atoms with van der Waals surface area (Å²) in [6.07, 6.45) is 5.02. The molecule has 0 aromatic heterocycles. The molecule has 2 nitrogen and oxygen atoms in total. The number of benzene rings is 1. The van der Waals surface area contributed by atoms with Crippen molar-refractivity contribution in [1.29, 1.82) is 0 Å². The van der Waals surface area contributed by atoms with E-state index in [1.807, 2.05) is 0 Å². The third kappa shape index (κ3) is 4.07. The van der Waals surface area contributed by atoms with Gasteiger partial charge < -0.3 is 10.4 Å². The lowest BCUT2D eigenvalue weighted by atomic mass is 9.98. The summed E-state index contributed by atoms with van der Waals surface area (Å²) in [6, 6.07) is 8.89. The van der Waals surface area contributed by atoms with Crippen molar-refractivity contribution in [3.63, 3.8) is 0 Å². The predicted octanol–water partition coefficient (Wildman–Crippen LogP) is 4.01. The van der Waals surface area contributed by atoms with Crippen LogP contribution in [-0.4, -0.2) is 17.7 Å². The minimum absolute atomic E-state index is 0.403. The van der Waals surface area contributed by atoms with E-state index < -0.39 is 6.10 Å². The number of rotatable bonds is 6. The van der Waals surface area contributed by atoms with Crippen LogP contribution in [0.2, 0.25) is 0 Å². The van der Waals surface area contributed by atoms with Crippen LogP contribution in [0.3, 0.4) is 0 Å². The smallest absolute Gasteiger partial charge is 0.0914 e. The van der Waals surface area contributed by atoms with Crippen LogP contribution in [0.4, 0.5) is 0 Å². The molecule has 1 unspecified atom stereocenters. The zero-order chi connectivity index (χ0) is 14.5. The van der Waals surface area contributed by atoms with E-state index in [1.165, 1.54) is 31.2 Å². The van der Waals surface area contributed by atoms with E-state index in [4.69, 9.17) is 0 Å². The highest BCUT2D eigenvalue weighted by Crippen LogP contribution is 2.27. The number of hydrogen-bond donors (Lipinski definition) is 2. The normalized spacial score (nSPS) is 19.4. The average Bonchev–Trinajstić information content (AvgIpc) is 2.98. The summed E-state index contributed by atoms with van der Waals surface area (Å²) in [7, 11) is 0. The molecule has 2 atom stereocenters. The first-order chi connectivity index (χ1) is 9.58. The fraction of sp³-hybridized carbons (Fsp3) is 0.667. The molecular weight excluding hydrogens is 246 g/mol. The van der Waals surface area contributed by atoms with Crippen LogP contribution < -0.4 is 5.32 Å². The molecule has 1 saturated carbocycles. The summed E-state index contributed by atoms with van der Waals surface area (Å²) < 4.78 is 0. The standard InChI is InChI=1S/C18H29NO/c1-13(2)15-8-10-17(11-9-15)18(20)12-19-14(3)16-6-4-5-7-16/h8-11,13-14,16,18-20H,4-7,12H2,1-3H3/t14-,18?/m0/s1. The van der Waals surface area contributed by atoms with Crippen molar-refractivity contribution in [2.75, 3.05) is 6.54 Å². The summed E-state index contributed by atoms with van der Waals surface area (Å²) in [5.74, 6) is 1.34. The Bertz CT molecular complexity index is 392. The van der Waals surface area contributed by atoms with Gasteiger partial charge in [0.05, 0.1) is 6.10 Å².